The normalized spacial score (nSPS) is 12.7. The van der Waals surface area contributed by atoms with Gasteiger partial charge < -0.3 is 14.5 Å². The topological polar surface area (TPSA) is 15.7 Å². The van der Waals surface area contributed by atoms with Gasteiger partial charge in [0, 0.05) is 34.9 Å². The van der Waals surface area contributed by atoms with Crippen molar-refractivity contribution in [1.82, 2.24) is 0 Å². The summed E-state index contributed by atoms with van der Waals surface area (Å²) in [7, 11) is 0. The standard InChI is InChI=1S/C40H25BF2N2O/c42-27-21-28(43)23-31(22-27)45-35-18-10-9-17-34(35)41-39-33-16-8-7-11-26(33)19-20-37(39)46-38-25-32(24-36(45)40(38)41)44(29-12-3-1-4-13-29)30-14-5-2-6-15-30/h1-25H. The number of fused-ring (bicyclic) bond motifs is 6. The molecule has 46 heavy (non-hydrogen) atoms. The highest BCUT2D eigenvalue weighted by atomic mass is 19.1. The van der Waals surface area contributed by atoms with Crippen LogP contribution in [0.25, 0.3) is 10.8 Å². The fourth-order valence-corrected chi connectivity index (χ4v) is 7.14. The molecule has 0 atom stereocenters. The monoisotopic (exact) mass is 598 g/mol. The van der Waals surface area contributed by atoms with Crippen molar-refractivity contribution in [1.29, 1.82) is 0 Å². The second-order valence-corrected chi connectivity index (χ2v) is 11.6. The minimum atomic E-state index is -0.637. The van der Waals surface area contributed by atoms with E-state index in [4.69, 9.17) is 4.74 Å². The van der Waals surface area contributed by atoms with E-state index in [9.17, 15) is 8.78 Å². The Bertz CT molecular complexity index is 2230. The minimum absolute atomic E-state index is 0.165. The number of hydrogen-bond acceptors (Lipinski definition) is 3. The fraction of sp³-hybridized carbons (Fsp3) is 0. The SMILES string of the molecule is Fc1cc(F)cc(N2c3ccccc3B3c4c(cc(N(c5ccccc5)c5ccccc5)cc42)Oc2ccc4ccccc4c23)c1. The molecule has 0 aromatic heterocycles. The van der Waals surface area contributed by atoms with E-state index in [0.717, 1.165) is 67.4 Å². The molecule has 6 heteroatoms. The lowest BCUT2D eigenvalue weighted by Gasteiger charge is -2.41. The molecule has 9 rings (SSSR count). The van der Waals surface area contributed by atoms with E-state index in [0.29, 0.717) is 11.4 Å². The van der Waals surface area contributed by atoms with Gasteiger partial charge in [0.25, 0.3) is 6.71 Å². The average Bonchev–Trinajstić information content (AvgIpc) is 3.08. The van der Waals surface area contributed by atoms with Gasteiger partial charge in [-0.2, -0.15) is 0 Å². The van der Waals surface area contributed by atoms with Gasteiger partial charge in [0.2, 0.25) is 0 Å². The Hall–Kier alpha value is -5.88. The molecule has 0 saturated heterocycles. The van der Waals surface area contributed by atoms with Gasteiger partial charge in [0.15, 0.2) is 0 Å². The van der Waals surface area contributed by atoms with Crippen LogP contribution in [0.2, 0.25) is 0 Å². The van der Waals surface area contributed by atoms with Gasteiger partial charge in [-0.05, 0) is 81.8 Å². The summed E-state index contributed by atoms with van der Waals surface area (Å²) >= 11 is 0. The first-order valence-electron chi connectivity index (χ1n) is 15.3. The molecule has 3 nitrogen and oxygen atoms in total. The van der Waals surface area contributed by atoms with Gasteiger partial charge in [-0.15, -0.1) is 0 Å². The largest absolute Gasteiger partial charge is 0.458 e. The first-order chi connectivity index (χ1) is 22.6. The molecule has 7 aromatic carbocycles. The molecule has 7 aromatic rings. The van der Waals surface area contributed by atoms with Crippen LogP contribution in [0.15, 0.2) is 152 Å². The lowest BCUT2D eigenvalue weighted by molar-refractivity contribution is 0.488. The number of ether oxygens (including phenoxy) is 1. The maximum absolute atomic E-state index is 14.9. The Morgan fingerprint density at radius 2 is 1.17 bits per heavy atom. The summed E-state index contributed by atoms with van der Waals surface area (Å²) in [6.45, 7) is -0.165. The summed E-state index contributed by atoms with van der Waals surface area (Å²) in [4.78, 5) is 4.14. The zero-order valence-electron chi connectivity index (χ0n) is 24.6. The third-order valence-corrected chi connectivity index (χ3v) is 8.96. The molecule has 0 amide bonds. The van der Waals surface area contributed by atoms with E-state index in [1.165, 1.54) is 12.1 Å². The Balaban J connectivity index is 1.38. The summed E-state index contributed by atoms with van der Waals surface area (Å²) < 4.78 is 36.6. The molecule has 0 unspecified atom stereocenters. The van der Waals surface area contributed by atoms with Gasteiger partial charge in [-0.3, -0.25) is 0 Å². The maximum Gasteiger partial charge on any atom is 0.257 e. The fourth-order valence-electron chi connectivity index (χ4n) is 7.14. The average molecular weight is 598 g/mol. The number of para-hydroxylation sites is 3. The highest BCUT2D eigenvalue weighted by molar-refractivity contribution is 7.00. The first-order valence-corrected chi connectivity index (χ1v) is 15.3. The van der Waals surface area contributed by atoms with Crippen LogP contribution < -0.4 is 30.9 Å². The van der Waals surface area contributed by atoms with E-state index < -0.39 is 11.6 Å². The van der Waals surface area contributed by atoms with Crippen molar-refractivity contribution in [2.75, 3.05) is 9.80 Å². The summed E-state index contributed by atoms with van der Waals surface area (Å²) in [5, 5.41) is 2.24. The summed E-state index contributed by atoms with van der Waals surface area (Å²) in [6, 6.07) is 48.8. The number of benzene rings is 7. The summed E-state index contributed by atoms with van der Waals surface area (Å²) in [5.74, 6) is 0.226. The van der Waals surface area contributed by atoms with Crippen LogP contribution in [-0.2, 0) is 0 Å². The molecule has 218 valence electrons. The van der Waals surface area contributed by atoms with Gasteiger partial charge in [-0.1, -0.05) is 84.9 Å². The quantitative estimate of drug-likeness (QED) is 0.188. The highest BCUT2D eigenvalue weighted by Gasteiger charge is 2.43. The van der Waals surface area contributed by atoms with Crippen molar-refractivity contribution >= 4 is 68.0 Å². The lowest BCUT2D eigenvalue weighted by Crippen LogP contribution is -2.59. The third kappa shape index (κ3) is 4.11. The molecular weight excluding hydrogens is 573 g/mol. The van der Waals surface area contributed by atoms with Crippen LogP contribution in [0.4, 0.5) is 42.9 Å². The van der Waals surface area contributed by atoms with Crippen molar-refractivity contribution in [3.63, 3.8) is 0 Å². The predicted octanol–water partition coefficient (Wildman–Crippen LogP) is 8.99. The molecule has 0 aliphatic carbocycles. The van der Waals surface area contributed by atoms with Gasteiger partial charge >= 0.3 is 0 Å². The lowest BCUT2D eigenvalue weighted by atomic mass is 9.33. The Morgan fingerprint density at radius 3 is 1.91 bits per heavy atom. The Morgan fingerprint density at radius 1 is 0.522 bits per heavy atom. The zero-order valence-corrected chi connectivity index (χ0v) is 24.6. The first kappa shape index (κ1) is 26.5. The number of halogens is 2. The summed E-state index contributed by atoms with van der Waals surface area (Å²) in [5.41, 5.74) is 7.94. The maximum atomic E-state index is 14.9. The van der Waals surface area contributed by atoms with Crippen LogP contribution in [0.1, 0.15) is 0 Å². The highest BCUT2D eigenvalue weighted by Crippen LogP contribution is 2.46. The van der Waals surface area contributed by atoms with Gasteiger partial charge in [-0.25, -0.2) is 8.78 Å². The predicted molar refractivity (Wildman–Crippen MR) is 184 cm³/mol. The van der Waals surface area contributed by atoms with Crippen LogP contribution in [0.3, 0.4) is 0 Å². The third-order valence-electron chi connectivity index (χ3n) is 8.96. The van der Waals surface area contributed by atoms with Crippen LogP contribution in [0, 0.1) is 11.6 Å². The van der Waals surface area contributed by atoms with E-state index >= 15 is 0 Å². The van der Waals surface area contributed by atoms with E-state index in [2.05, 4.69) is 77.7 Å². The van der Waals surface area contributed by atoms with E-state index in [1.807, 2.05) is 65.6 Å². The zero-order chi connectivity index (χ0) is 30.8. The van der Waals surface area contributed by atoms with E-state index in [-0.39, 0.29) is 6.71 Å². The number of rotatable bonds is 4. The van der Waals surface area contributed by atoms with Crippen LogP contribution >= 0.6 is 0 Å². The minimum Gasteiger partial charge on any atom is -0.458 e. The molecule has 0 N–H and O–H groups in total. The van der Waals surface area contributed by atoms with Crippen molar-refractivity contribution in [2.24, 2.45) is 0 Å². The summed E-state index contributed by atoms with van der Waals surface area (Å²) in [6.07, 6.45) is 0. The molecule has 0 spiro atoms. The second-order valence-electron chi connectivity index (χ2n) is 11.6. The Labute approximate surface area is 265 Å². The van der Waals surface area contributed by atoms with Gasteiger partial charge in [0.1, 0.15) is 23.1 Å². The molecular formula is C40H25BF2N2O. The Kier molecular flexibility index (Phi) is 5.97. The number of hydrogen-bond donors (Lipinski definition) is 0. The molecule has 0 bridgehead atoms. The van der Waals surface area contributed by atoms with Crippen molar-refractivity contribution in [3.05, 3.63) is 163 Å². The van der Waals surface area contributed by atoms with Crippen molar-refractivity contribution < 1.29 is 13.5 Å². The van der Waals surface area contributed by atoms with Crippen LogP contribution in [0.5, 0.6) is 11.5 Å². The molecule has 2 heterocycles. The number of anilines is 6. The van der Waals surface area contributed by atoms with Crippen molar-refractivity contribution in [2.45, 2.75) is 0 Å². The molecule has 0 saturated carbocycles. The van der Waals surface area contributed by atoms with Crippen molar-refractivity contribution in [3.8, 4) is 11.5 Å². The second kappa shape index (κ2) is 10.4. The van der Waals surface area contributed by atoms with Gasteiger partial charge in [0.05, 0.1) is 11.4 Å². The van der Waals surface area contributed by atoms with Crippen LogP contribution in [-0.4, -0.2) is 6.71 Å². The smallest absolute Gasteiger partial charge is 0.257 e. The number of nitrogens with zero attached hydrogens (tertiary/aromatic N) is 2. The van der Waals surface area contributed by atoms with E-state index in [1.54, 1.807) is 0 Å². The molecule has 0 fully saturated rings. The molecule has 2 aliphatic rings. The molecule has 0 radical (unpaired) electrons. The molecule has 2 aliphatic heterocycles.